The lowest BCUT2D eigenvalue weighted by Gasteiger charge is -2.37. The van der Waals surface area contributed by atoms with Crippen LogP contribution in [0.15, 0.2) is 60.7 Å². The van der Waals surface area contributed by atoms with E-state index >= 15 is 0 Å². The van der Waals surface area contributed by atoms with E-state index in [0.29, 0.717) is 0 Å². The third kappa shape index (κ3) is 3.85. The fraction of sp³-hybridized carbons (Fsp3) is 0.381. The standard InChI is InChI=1S/C21H26N2O/c1-2-22-21(24)19-13-15-23(16-14-19)20(17-9-5-3-6-10-17)18-11-7-4-8-12-18/h3-12,19-20H,2,13-16H2,1H3,(H,22,24). The number of rotatable bonds is 5. The highest BCUT2D eigenvalue weighted by molar-refractivity contribution is 5.78. The summed E-state index contributed by atoms with van der Waals surface area (Å²) in [6, 6.07) is 21.6. The minimum absolute atomic E-state index is 0.161. The number of carbonyl (C=O) groups is 1. The van der Waals surface area contributed by atoms with Gasteiger partial charge < -0.3 is 5.32 Å². The molecule has 0 unspecified atom stereocenters. The Kier molecular flexibility index (Phi) is 5.65. The first-order valence-corrected chi connectivity index (χ1v) is 8.91. The Labute approximate surface area is 144 Å². The fourth-order valence-electron chi connectivity index (χ4n) is 3.62. The molecular formula is C21H26N2O. The highest BCUT2D eigenvalue weighted by Gasteiger charge is 2.29. The maximum absolute atomic E-state index is 12.1. The smallest absolute Gasteiger partial charge is 0.223 e. The summed E-state index contributed by atoms with van der Waals surface area (Å²) in [6.07, 6.45) is 1.87. The Bertz CT molecular complexity index is 594. The Balaban J connectivity index is 1.77. The van der Waals surface area contributed by atoms with Crippen molar-refractivity contribution < 1.29 is 4.79 Å². The van der Waals surface area contributed by atoms with Gasteiger partial charge in [0, 0.05) is 12.5 Å². The van der Waals surface area contributed by atoms with E-state index in [4.69, 9.17) is 0 Å². The van der Waals surface area contributed by atoms with Gasteiger partial charge in [0.25, 0.3) is 0 Å². The summed E-state index contributed by atoms with van der Waals surface area (Å²) in [7, 11) is 0. The van der Waals surface area contributed by atoms with E-state index < -0.39 is 0 Å². The summed E-state index contributed by atoms with van der Waals surface area (Å²) in [6.45, 7) is 4.61. The van der Waals surface area contributed by atoms with Gasteiger partial charge in [0.05, 0.1) is 6.04 Å². The van der Waals surface area contributed by atoms with Crippen LogP contribution >= 0.6 is 0 Å². The van der Waals surface area contributed by atoms with Crippen LogP contribution in [-0.2, 0) is 4.79 Å². The molecule has 0 atom stereocenters. The molecule has 1 aliphatic heterocycles. The van der Waals surface area contributed by atoms with Crippen LogP contribution in [0.2, 0.25) is 0 Å². The minimum Gasteiger partial charge on any atom is -0.356 e. The van der Waals surface area contributed by atoms with Gasteiger partial charge in [-0.25, -0.2) is 0 Å². The molecule has 0 bridgehead atoms. The normalized spacial score (nSPS) is 16.2. The number of benzene rings is 2. The van der Waals surface area contributed by atoms with Crippen LogP contribution in [0.25, 0.3) is 0 Å². The molecule has 0 aromatic heterocycles. The average molecular weight is 322 g/mol. The second-order valence-electron chi connectivity index (χ2n) is 6.43. The molecule has 0 aliphatic carbocycles. The first-order chi connectivity index (χ1) is 11.8. The number of likely N-dealkylation sites (tertiary alicyclic amines) is 1. The molecule has 3 rings (SSSR count). The van der Waals surface area contributed by atoms with Crippen molar-refractivity contribution in [1.82, 2.24) is 10.2 Å². The van der Waals surface area contributed by atoms with Crippen molar-refractivity contribution in [3.05, 3.63) is 71.8 Å². The van der Waals surface area contributed by atoms with Crippen LogP contribution in [0.4, 0.5) is 0 Å². The summed E-state index contributed by atoms with van der Waals surface area (Å²) in [4.78, 5) is 14.6. The van der Waals surface area contributed by atoms with E-state index in [1.807, 2.05) is 6.92 Å². The van der Waals surface area contributed by atoms with Crippen LogP contribution < -0.4 is 5.32 Å². The monoisotopic (exact) mass is 322 g/mol. The summed E-state index contributed by atoms with van der Waals surface area (Å²) >= 11 is 0. The van der Waals surface area contributed by atoms with Crippen molar-refractivity contribution in [3.63, 3.8) is 0 Å². The number of piperidine rings is 1. The molecule has 1 N–H and O–H groups in total. The van der Waals surface area contributed by atoms with Gasteiger partial charge in [-0.05, 0) is 44.0 Å². The topological polar surface area (TPSA) is 32.3 Å². The van der Waals surface area contributed by atoms with Gasteiger partial charge in [-0.3, -0.25) is 9.69 Å². The summed E-state index contributed by atoms with van der Waals surface area (Å²) in [5.74, 6) is 0.376. The lowest BCUT2D eigenvalue weighted by molar-refractivity contribution is -0.126. The zero-order valence-electron chi connectivity index (χ0n) is 14.3. The van der Waals surface area contributed by atoms with Crippen LogP contribution in [0.1, 0.15) is 36.9 Å². The molecule has 126 valence electrons. The molecule has 1 amide bonds. The Morgan fingerprint density at radius 1 is 1.00 bits per heavy atom. The third-order valence-electron chi connectivity index (χ3n) is 4.85. The third-order valence-corrected chi connectivity index (χ3v) is 4.85. The zero-order valence-corrected chi connectivity index (χ0v) is 14.3. The molecule has 24 heavy (non-hydrogen) atoms. The molecule has 0 saturated carbocycles. The van der Waals surface area contributed by atoms with E-state index in [2.05, 4.69) is 70.9 Å². The molecule has 2 aromatic carbocycles. The highest BCUT2D eigenvalue weighted by Crippen LogP contribution is 2.32. The number of nitrogens with zero attached hydrogens (tertiary/aromatic N) is 1. The Morgan fingerprint density at radius 2 is 1.50 bits per heavy atom. The molecule has 3 heteroatoms. The second-order valence-corrected chi connectivity index (χ2v) is 6.43. The number of hydrogen-bond donors (Lipinski definition) is 1. The molecular weight excluding hydrogens is 296 g/mol. The van der Waals surface area contributed by atoms with Crippen LogP contribution in [-0.4, -0.2) is 30.4 Å². The molecule has 0 spiro atoms. The van der Waals surface area contributed by atoms with Gasteiger partial charge >= 0.3 is 0 Å². The van der Waals surface area contributed by atoms with Crippen molar-refractivity contribution in [2.75, 3.05) is 19.6 Å². The van der Waals surface area contributed by atoms with Crippen molar-refractivity contribution >= 4 is 5.91 Å². The Morgan fingerprint density at radius 3 is 1.96 bits per heavy atom. The van der Waals surface area contributed by atoms with Gasteiger partial charge in [-0.15, -0.1) is 0 Å². The van der Waals surface area contributed by atoms with Gasteiger partial charge in [-0.2, -0.15) is 0 Å². The van der Waals surface area contributed by atoms with E-state index in [9.17, 15) is 4.79 Å². The van der Waals surface area contributed by atoms with Crippen LogP contribution in [0, 0.1) is 5.92 Å². The minimum atomic E-state index is 0.161. The van der Waals surface area contributed by atoms with Crippen molar-refractivity contribution in [3.8, 4) is 0 Å². The van der Waals surface area contributed by atoms with Gasteiger partial charge in [0.15, 0.2) is 0 Å². The summed E-state index contributed by atoms with van der Waals surface area (Å²) < 4.78 is 0. The second kappa shape index (κ2) is 8.11. The SMILES string of the molecule is CCNC(=O)C1CCN(C(c2ccccc2)c2ccccc2)CC1. The number of nitrogens with one attached hydrogen (secondary N) is 1. The lowest BCUT2D eigenvalue weighted by atomic mass is 9.91. The van der Waals surface area contributed by atoms with Crippen molar-refractivity contribution in [2.24, 2.45) is 5.92 Å². The lowest BCUT2D eigenvalue weighted by Crippen LogP contribution is -2.42. The van der Waals surface area contributed by atoms with Crippen LogP contribution in [0.5, 0.6) is 0 Å². The van der Waals surface area contributed by atoms with Crippen molar-refractivity contribution in [2.45, 2.75) is 25.8 Å². The quantitative estimate of drug-likeness (QED) is 0.912. The summed E-state index contributed by atoms with van der Waals surface area (Å²) in [5, 5.41) is 2.97. The predicted molar refractivity (Wildman–Crippen MR) is 97.7 cm³/mol. The zero-order chi connectivity index (χ0) is 16.8. The van der Waals surface area contributed by atoms with E-state index in [0.717, 1.165) is 32.5 Å². The number of amides is 1. The van der Waals surface area contributed by atoms with E-state index in [1.54, 1.807) is 0 Å². The van der Waals surface area contributed by atoms with Crippen molar-refractivity contribution in [1.29, 1.82) is 0 Å². The predicted octanol–water partition coefficient (Wildman–Crippen LogP) is 3.62. The first kappa shape index (κ1) is 16.7. The number of carbonyl (C=O) groups excluding carboxylic acids is 1. The van der Waals surface area contributed by atoms with Gasteiger partial charge in [0.1, 0.15) is 0 Å². The Hall–Kier alpha value is -2.13. The fourth-order valence-corrected chi connectivity index (χ4v) is 3.62. The van der Waals surface area contributed by atoms with Gasteiger partial charge in [0.2, 0.25) is 5.91 Å². The molecule has 3 nitrogen and oxygen atoms in total. The number of hydrogen-bond acceptors (Lipinski definition) is 2. The molecule has 1 saturated heterocycles. The largest absolute Gasteiger partial charge is 0.356 e. The molecule has 1 fully saturated rings. The van der Waals surface area contributed by atoms with E-state index in [-0.39, 0.29) is 17.9 Å². The maximum Gasteiger partial charge on any atom is 0.223 e. The molecule has 1 heterocycles. The molecule has 2 aromatic rings. The average Bonchev–Trinajstić information content (AvgIpc) is 2.64. The maximum atomic E-state index is 12.1. The molecule has 1 aliphatic rings. The van der Waals surface area contributed by atoms with Gasteiger partial charge in [-0.1, -0.05) is 60.7 Å². The molecule has 0 radical (unpaired) electrons. The summed E-state index contributed by atoms with van der Waals surface area (Å²) in [5.41, 5.74) is 2.64. The van der Waals surface area contributed by atoms with E-state index in [1.165, 1.54) is 11.1 Å². The first-order valence-electron chi connectivity index (χ1n) is 8.91. The highest BCUT2D eigenvalue weighted by atomic mass is 16.1. The van der Waals surface area contributed by atoms with Crippen LogP contribution in [0.3, 0.4) is 0 Å².